The standard InChI is InChI=1S/C22H30N4O/c1-16(2)22-24-13-18-15-26(11-10-20(18)25-22)14-17-8-9-21(23-12-17)27-19-6-4-3-5-7-19/h8-9,12-13,16,19H,3-7,10-11,14-15H2,1-2H3. The molecule has 0 unspecified atom stereocenters. The molecule has 0 aromatic carbocycles. The first kappa shape index (κ1) is 18.4. The minimum atomic E-state index is 0.353. The highest BCUT2D eigenvalue weighted by atomic mass is 16.5. The summed E-state index contributed by atoms with van der Waals surface area (Å²) in [6, 6.07) is 4.18. The van der Waals surface area contributed by atoms with Gasteiger partial charge < -0.3 is 4.74 Å². The summed E-state index contributed by atoms with van der Waals surface area (Å²) >= 11 is 0. The molecule has 1 aliphatic carbocycles. The van der Waals surface area contributed by atoms with Gasteiger partial charge in [-0.1, -0.05) is 26.3 Å². The van der Waals surface area contributed by atoms with Crippen molar-refractivity contribution in [3.05, 3.63) is 47.2 Å². The number of nitrogens with zero attached hydrogens (tertiary/aromatic N) is 4. The van der Waals surface area contributed by atoms with Gasteiger partial charge in [0.25, 0.3) is 0 Å². The van der Waals surface area contributed by atoms with E-state index in [2.05, 4.69) is 34.8 Å². The molecule has 5 nitrogen and oxygen atoms in total. The summed E-state index contributed by atoms with van der Waals surface area (Å²) in [5.41, 5.74) is 3.71. The van der Waals surface area contributed by atoms with Gasteiger partial charge in [-0.3, -0.25) is 4.90 Å². The predicted molar refractivity (Wildman–Crippen MR) is 106 cm³/mol. The molecule has 0 atom stereocenters. The van der Waals surface area contributed by atoms with Crippen molar-refractivity contribution in [2.24, 2.45) is 0 Å². The Morgan fingerprint density at radius 3 is 2.70 bits per heavy atom. The molecule has 0 amide bonds. The minimum Gasteiger partial charge on any atom is -0.474 e. The van der Waals surface area contributed by atoms with Crippen molar-refractivity contribution in [3.8, 4) is 5.88 Å². The summed E-state index contributed by atoms with van der Waals surface area (Å²) in [7, 11) is 0. The molecule has 1 aliphatic heterocycles. The summed E-state index contributed by atoms with van der Waals surface area (Å²) in [5, 5.41) is 0. The molecule has 1 saturated carbocycles. The number of rotatable bonds is 5. The van der Waals surface area contributed by atoms with Crippen LogP contribution in [0.5, 0.6) is 5.88 Å². The van der Waals surface area contributed by atoms with E-state index in [0.717, 1.165) is 50.6 Å². The Labute approximate surface area is 162 Å². The maximum atomic E-state index is 6.04. The third kappa shape index (κ3) is 4.64. The molecule has 0 saturated heterocycles. The molecular weight excluding hydrogens is 336 g/mol. The molecule has 0 spiro atoms. The van der Waals surface area contributed by atoms with Gasteiger partial charge >= 0.3 is 0 Å². The van der Waals surface area contributed by atoms with Gasteiger partial charge in [-0.15, -0.1) is 0 Å². The third-order valence-electron chi connectivity index (χ3n) is 5.59. The molecule has 4 rings (SSSR count). The molecular formula is C22H30N4O. The van der Waals surface area contributed by atoms with Crippen LogP contribution in [0.1, 0.15) is 74.5 Å². The topological polar surface area (TPSA) is 51.1 Å². The predicted octanol–water partition coefficient (Wildman–Crippen LogP) is 4.26. The Morgan fingerprint density at radius 1 is 1.11 bits per heavy atom. The van der Waals surface area contributed by atoms with E-state index in [0.29, 0.717) is 12.0 Å². The van der Waals surface area contributed by atoms with Crippen molar-refractivity contribution in [3.63, 3.8) is 0 Å². The quantitative estimate of drug-likeness (QED) is 0.791. The zero-order chi connectivity index (χ0) is 18.6. The van der Waals surface area contributed by atoms with Crippen LogP contribution >= 0.6 is 0 Å². The third-order valence-corrected chi connectivity index (χ3v) is 5.59. The van der Waals surface area contributed by atoms with Gasteiger partial charge in [-0.05, 0) is 31.2 Å². The molecule has 0 radical (unpaired) electrons. The van der Waals surface area contributed by atoms with Crippen LogP contribution in [-0.4, -0.2) is 32.5 Å². The van der Waals surface area contributed by atoms with E-state index in [1.54, 1.807) is 0 Å². The SMILES string of the molecule is CC(C)c1ncc2c(n1)CCN(Cc1ccc(OC3CCCCC3)nc1)C2. The average molecular weight is 367 g/mol. The van der Waals surface area contributed by atoms with Crippen molar-refractivity contribution < 1.29 is 4.74 Å². The summed E-state index contributed by atoms with van der Waals surface area (Å²) < 4.78 is 6.04. The van der Waals surface area contributed by atoms with Crippen molar-refractivity contribution in [2.75, 3.05) is 6.54 Å². The average Bonchev–Trinajstić information content (AvgIpc) is 2.70. The molecule has 2 aliphatic rings. The lowest BCUT2D eigenvalue weighted by Gasteiger charge is -2.28. The van der Waals surface area contributed by atoms with Crippen LogP contribution in [0.2, 0.25) is 0 Å². The van der Waals surface area contributed by atoms with Crippen LogP contribution in [0.25, 0.3) is 0 Å². The number of ether oxygens (including phenoxy) is 1. The van der Waals surface area contributed by atoms with Gasteiger partial charge in [0.1, 0.15) is 11.9 Å². The highest BCUT2D eigenvalue weighted by Crippen LogP contribution is 2.23. The van der Waals surface area contributed by atoms with Crippen LogP contribution in [0.15, 0.2) is 24.5 Å². The van der Waals surface area contributed by atoms with Gasteiger partial charge in [-0.25, -0.2) is 15.0 Å². The Kier molecular flexibility index (Phi) is 5.67. The first-order valence-corrected chi connectivity index (χ1v) is 10.4. The zero-order valence-corrected chi connectivity index (χ0v) is 16.5. The lowest BCUT2D eigenvalue weighted by Crippen LogP contribution is -2.31. The smallest absolute Gasteiger partial charge is 0.213 e. The normalized spacial score (nSPS) is 18.5. The Bertz CT molecular complexity index is 753. The largest absolute Gasteiger partial charge is 0.474 e. The number of pyridine rings is 1. The fourth-order valence-electron chi connectivity index (χ4n) is 3.99. The number of aromatic nitrogens is 3. The minimum absolute atomic E-state index is 0.353. The van der Waals surface area contributed by atoms with Crippen molar-refractivity contribution >= 4 is 0 Å². The van der Waals surface area contributed by atoms with Crippen LogP contribution < -0.4 is 4.74 Å². The first-order valence-electron chi connectivity index (χ1n) is 10.4. The van der Waals surface area contributed by atoms with E-state index in [4.69, 9.17) is 9.72 Å². The van der Waals surface area contributed by atoms with E-state index >= 15 is 0 Å². The maximum Gasteiger partial charge on any atom is 0.213 e. The van der Waals surface area contributed by atoms with Crippen LogP contribution in [0.3, 0.4) is 0 Å². The monoisotopic (exact) mass is 366 g/mol. The Balaban J connectivity index is 1.34. The van der Waals surface area contributed by atoms with Crippen molar-refractivity contribution in [1.82, 2.24) is 19.9 Å². The van der Waals surface area contributed by atoms with E-state index in [9.17, 15) is 0 Å². The zero-order valence-electron chi connectivity index (χ0n) is 16.5. The maximum absolute atomic E-state index is 6.04. The molecule has 0 N–H and O–H groups in total. The highest BCUT2D eigenvalue weighted by Gasteiger charge is 2.20. The lowest BCUT2D eigenvalue weighted by molar-refractivity contribution is 0.148. The van der Waals surface area contributed by atoms with Gasteiger partial charge in [0.15, 0.2) is 0 Å². The Morgan fingerprint density at radius 2 is 1.96 bits per heavy atom. The Hall–Kier alpha value is -2.01. The molecule has 27 heavy (non-hydrogen) atoms. The van der Waals surface area contributed by atoms with Crippen molar-refractivity contribution in [1.29, 1.82) is 0 Å². The van der Waals surface area contributed by atoms with Crippen LogP contribution in [-0.2, 0) is 19.5 Å². The van der Waals surface area contributed by atoms with Gasteiger partial charge in [0.05, 0.1) is 0 Å². The van der Waals surface area contributed by atoms with Gasteiger partial charge in [0.2, 0.25) is 5.88 Å². The van der Waals surface area contributed by atoms with Gasteiger partial charge in [-0.2, -0.15) is 0 Å². The van der Waals surface area contributed by atoms with E-state index in [1.165, 1.54) is 36.1 Å². The first-order chi connectivity index (χ1) is 13.2. The lowest BCUT2D eigenvalue weighted by atomic mass is 9.98. The molecule has 1 fully saturated rings. The number of hydrogen-bond donors (Lipinski definition) is 0. The summed E-state index contributed by atoms with van der Waals surface area (Å²) in [6.07, 6.45) is 11.6. The number of fused-ring (bicyclic) bond motifs is 1. The number of hydrogen-bond acceptors (Lipinski definition) is 5. The van der Waals surface area contributed by atoms with Crippen LogP contribution in [0, 0.1) is 0 Å². The molecule has 2 aromatic rings. The van der Waals surface area contributed by atoms with Crippen LogP contribution in [0.4, 0.5) is 0 Å². The fraction of sp³-hybridized carbons (Fsp3) is 0.591. The molecule has 5 heteroatoms. The molecule has 0 bridgehead atoms. The van der Waals surface area contributed by atoms with Gasteiger partial charge in [0, 0.05) is 61.7 Å². The summed E-state index contributed by atoms with van der Waals surface area (Å²) in [4.78, 5) is 16.3. The van der Waals surface area contributed by atoms with E-state index in [1.807, 2.05) is 18.5 Å². The second-order valence-electron chi connectivity index (χ2n) is 8.20. The van der Waals surface area contributed by atoms with Crippen molar-refractivity contribution in [2.45, 2.75) is 77.5 Å². The van der Waals surface area contributed by atoms with E-state index in [-0.39, 0.29) is 0 Å². The second kappa shape index (κ2) is 8.34. The summed E-state index contributed by atoms with van der Waals surface area (Å²) in [6.45, 7) is 7.13. The van der Waals surface area contributed by atoms with E-state index < -0.39 is 0 Å². The molecule has 2 aromatic heterocycles. The molecule has 3 heterocycles. The second-order valence-corrected chi connectivity index (χ2v) is 8.20. The highest BCUT2D eigenvalue weighted by molar-refractivity contribution is 5.23. The molecule has 144 valence electrons. The fourth-order valence-corrected chi connectivity index (χ4v) is 3.99. The summed E-state index contributed by atoms with van der Waals surface area (Å²) in [5.74, 6) is 2.11.